The molecule has 0 unspecified atom stereocenters. The molecule has 0 aromatic carbocycles. The molecule has 0 aliphatic carbocycles. The average Bonchev–Trinajstić information content (AvgIpc) is 2.18. The number of aromatic nitrogens is 1. The molecule has 5 nitrogen and oxygen atoms in total. The van der Waals surface area contributed by atoms with Gasteiger partial charge in [0.1, 0.15) is 5.69 Å². The Bertz CT molecular complexity index is 378. The summed E-state index contributed by atoms with van der Waals surface area (Å²) in [5.41, 5.74) is -0.213. The fraction of sp³-hybridized carbons (Fsp3) is 0.125. The first-order valence-corrected chi connectivity index (χ1v) is 3.79. The van der Waals surface area contributed by atoms with E-state index < -0.39 is 18.3 Å². The molecule has 0 bridgehead atoms. The van der Waals surface area contributed by atoms with E-state index in [2.05, 4.69) is 4.98 Å². The second-order valence-corrected chi connectivity index (χ2v) is 2.53. The van der Waals surface area contributed by atoms with E-state index in [4.69, 9.17) is 5.11 Å². The van der Waals surface area contributed by atoms with E-state index in [1.807, 2.05) is 5.32 Å². The molecule has 0 saturated carbocycles. The first-order valence-electron chi connectivity index (χ1n) is 3.79. The lowest BCUT2D eigenvalue weighted by molar-refractivity contribution is -0.126. The predicted molar refractivity (Wildman–Crippen MR) is 45.8 cm³/mol. The van der Waals surface area contributed by atoms with Gasteiger partial charge in [0, 0.05) is 0 Å². The molecule has 0 fully saturated rings. The molecule has 15 heavy (non-hydrogen) atoms. The second-order valence-electron chi connectivity index (χ2n) is 2.53. The molecule has 0 radical (unpaired) electrons. The highest BCUT2D eigenvalue weighted by atomic mass is 19.3. The largest absolute Gasteiger partial charge is 0.477 e. The Hall–Kier alpha value is -2.05. The van der Waals surface area contributed by atoms with Crippen molar-refractivity contribution in [3.8, 4) is 0 Å². The van der Waals surface area contributed by atoms with Crippen LogP contribution in [0.4, 0.5) is 14.5 Å². The van der Waals surface area contributed by atoms with Gasteiger partial charge in [0.15, 0.2) is 0 Å². The van der Waals surface area contributed by atoms with Crippen LogP contribution in [0.1, 0.15) is 10.5 Å². The zero-order chi connectivity index (χ0) is 11.4. The Morgan fingerprint density at radius 3 is 2.47 bits per heavy atom. The maximum Gasteiger partial charge on any atom is 0.354 e. The third-order valence-electron chi connectivity index (χ3n) is 1.45. The molecular formula is C8H6F2N2O3. The van der Waals surface area contributed by atoms with Gasteiger partial charge in [-0.15, -0.1) is 0 Å². The molecule has 1 aromatic heterocycles. The van der Waals surface area contributed by atoms with Gasteiger partial charge in [-0.2, -0.15) is 8.78 Å². The Morgan fingerprint density at radius 2 is 2.07 bits per heavy atom. The summed E-state index contributed by atoms with van der Waals surface area (Å²) in [6, 6.07) is 2.28. The standard InChI is InChI=1S/C8H6F2N2O3/c9-6(10)7(13)12-4-1-2-5(8(14)15)11-3-4/h1-3,6H,(H,12,13)(H,14,15). The molecule has 2 N–H and O–H groups in total. The molecule has 0 atom stereocenters. The molecule has 1 rings (SSSR count). The van der Waals surface area contributed by atoms with Crippen LogP contribution < -0.4 is 5.32 Å². The van der Waals surface area contributed by atoms with Crippen LogP contribution in [-0.2, 0) is 4.79 Å². The Morgan fingerprint density at radius 1 is 1.40 bits per heavy atom. The van der Waals surface area contributed by atoms with E-state index >= 15 is 0 Å². The summed E-state index contributed by atoms with van der Waals surface area (Å²) in [4.78, 5) is 24.3. The number of aromatic carboxylic acids is 1. The number of carboxylic acids is 1. The van der Waals surface area contributed by atoms with Crippen molar-refractivity contribution in [2.24, 2.45) is 0 Å². The van der Waals surface area contributed by atoms with Gasteiger partial charge < -0.3 is 10.4 Å². The molecule has 0 spiro atoms. The van der Waals surface area contributed by atoms with Crippen molar-refractivity contribution in [1.29, 1.82) is 0 Å². The zero-order valence-electron chi connectivity index (χ0n) is 7.28. The minimum absolute atomic E-state index is 0.0188. The van der Waals surface area contributed by atoms with Crippen molar-refractivity contribution >= 4 is 17.6 Å². The molecule has 80 valence electrons. The number of carboxylic acid groups (broad SMARTS) is 1. The van der Waals surface area contributed by atoms with Gasteiger partial charge in [-0.05, 0) is 12.1 Å². The molecule has 1 amide bonds. The lowest BCUT2D eigenvalue weighted by atomic mass is 10.3. The quantitative estimate of drug-likeness (QED) is 0.789. The van der Waals surface area contributed by atoms with Crippen molar-refractivity contribution in [1.82, 2.24) is 4.98 Å². The highest BCUT2D eigenvalue weighted by Gasteiger charge is 2.15. The van der Waals surface area contributed by atoms with Crippen LogP contribution in [0.5, 0.6) is 0 Å². The number of rotatable bonds is 3. The lowest BCUT2D eigenvalue weighted by Gasteiger charge is -2.03. The third kappa shape index (κ3) is 2.97. The fourth-order valence-corrected chi connectivity index (χ4v) is 0.791. The minimum Gasteiger partial charge on any atom is -0.477 e. The van der Waals surface area contributed by atoms with Crippen LogP contribution in [0.2, 0.25) is 0 Å². The van der Waals surface area contributed by atoms with Gasteiger partial charge >= 0.3 is 12.4 Å². The molecule has 0 saturated heterocycles. The van der Waals surface area contributed by atoms with Crippen LogP contribution in [0.15, 0.2) is 18.3 Å². The average molecular weight is 216 g/mol. The van der Waals surface area contributed by atoms with E-state index in [1.54, 1.807) is 0 Å². The summed E-state index contributed by atoms with van der Waals surface area (Å²) >= 11 is 0. The van der Waals surface area contributed by atoms with Crippen LogP contribution in [0, 0.1) is 0 Å². The third-order valence-corrected chi connectivity index (χ3v) is 1.45. The maximum atomic E-state index is 11.8. The highest BCUT2D eigenvalue weighted by molar-refractivity contribution is 5.93. The van der Waals surface area contributed by atoms with Crippen molar-refractivity contribution in [3.63, 3.8) is 0 Å². The molecule has 0 aliphatic rings. The molecule has 1 heterocycles. The number of pyridine rings is 1. The summed E-state index contributed by atoms with van der Waals surface area (Å²) in [6.07, 6.45) is -2.13. The number of hydrogen-bond donors (Lipinski definition) is 2. The number of alkyl halides is 2. The maximum absolute atomic E-state index is 11.8. The van der Waals surface area contributed by atoms with Crippen molar-refractivity contribution in [2.45, 2.75) is 6.43 Å². The van der Waals surface area contributed by atoms with Gasteiger partial charge in [0.2, 0.25) is 0 Å². The summed E-state index contributed by atoms with van der Waals surface area (Å²) in [5, 5.41) is 10.3. The topological polar surface area (TPSA) is 79.3 Å². The van der Waals surface area contributed by atoms with Crippen LogP contribution in [0.25, 0.3) is 0 Å². The van der Waals surface area contributed by atoms with Gasteiger partial charge in [-0.25, -0.2) is 9.78 Å². The molecule has 7 heteroatoms. The van der Waals surface area contributed by atoms with Gasteiger partial charge in [-0.3, -0.25) is 4.79 Å². The number of anilines is 1. The number of amides is 1. The van der Waals surface area contributed by atoms with Crippen LogP contribution in [-0.4, -0.2) is 28.4 Å². The summed E-state index contributed by atoms with van der Waals surface area (Å²) in [5.74, 6) is -2.69. The minimum atomic E-state index is -3.12. The van der Waals surface area contributed by atoms with E-state index in [-0.39, 0.29) is 11.4 Å². The van der Waals surface area contributed by atoms with Crippen LogP contribution >= 0.6 is 0 Å². The second kappa shape index (κ2) is 4.45. The number of nitrogens with zero attached hydrogens (tertiary/aromatic N) is 1. The first-order chi connectivity index (χ1) is 7.00. The lowest BCUT2D eigenvalue weighted by Crippen LogP contribution is -2.20. The van der Waals surface area contributed by atoms with Gasteiger partial charge in [0.05, 0.1) is 11.9 Å². The summed E-state index contributed by atoms with van der Waals surface area (Å²) in [6.45, 7) is 0. The van der Waals surface area contributed by atoms with Crippen molar-refractivity contribution < 1.29 is 23.5 Å². The number of carbonyl (C=O) groups is 2. The number of carbonyl (C=O) groups excluding carboxylic acids is 1. The zero-order valence-corrected chi connectivity index (χ0v) is 7.28. The monoisotopic (exact) mass is 216 g/mol. The molecule has 0 aliphatic heterocycles. The number of halogens is 2. The summed E-state index contributed by atoms with van der Waals surface area (Å²) < 4.78 is 23.6. The smallest absolute Gasteiger partial charge is 0.354 e. The SMILES string of the molecule is O=C(O)c1ccc(NC(=O)C(F)F)cn1. The van der Waals surface area contributed by atoms with E-state index in [1.165, 1.54) is 6.07 Å². The van der Waals surface area contributed by atoms with Crippen LogP contribution in [0.3, 0.4) is 0 Å². The number of hydrogen-bond acceptors (Lipinski definition) is 3. The van der Waals surface area contributed by atoms with E-state index in [0.717, 1.165) is 12.3 Å². The van der Waals surface area contributed by atoms with Gasteiger partial charge in [0.25, 0.3) is 5.91 Å². The van der Waals surface area contributed by atoms with Crippen molar-refractivity contribution in [2.75, 3.05) is 5.32 Å². The Labute approximate surface area is 82.7 Å². The Balaban J connectivity index is 2.73. The van der Waals surface area contributed by atoms with Gasteiger partial charge in [-0.1, -0.05) is 0 Å². The predicted octanol–water partition coefficient (Wildman–Crippen LogP) is 0.983. The number of nitrogens with one attached hydrogen (secondary N) is 1. The molecular weight excluding hydrogens is 210 g/mol. The fourth-order valence-electron chi connectivity index (χ4n) is 0.791. The van der Waals surface area contributed by atoms with E-state index in [0.29, 0.717) is 0 Å². The first kappa shape index (κ1) is 11.0. The molecule has 1 aromatic rings. The highest BCUT2D eigenvalue weighted by Crippen LogP contribution is 2.07. The Kier molecular flexibility index (Phi) is 3.27. The van der Waals surface area contributed by atoms with E-state index in [9.17, 15) is 18.4 Å². The normalized spacial score (nSPS) is 10.1. The summed E-state index contributed by atoms with van der Waals surface area (Å²) in [7, 11) is 0. The van der Waals surface area contributed by atoms with Crippen molar-refractivity contribution in [3.05, 3.63) is 24.0 Å².